The molecule has 1 aliphatic rings. The molecule has 1 unspecified atom stereocenters. The molecular weight excluding hydrogens is 341 g/mol. The Morgan fingerprint density at radius 2 is 2.08 bits per heavy atom. The topological polar surface area (TPSA) is 98.7 Å². The number of nitrogens with zero attached hydrogens (tertiary/aromatic N) is 1. The number of hydrogen-bond donors (Lipinski definition) is 3. The highest BCUT2D eigenvalue weighted by atomic mass is 19.1. The molecule has 0 aliphatic carbocycles. The van der Waals surface area contributed by atoms with E-state index in [2.05, 4.69) is 10.6 Å². The third kappa shape index (κ3) is 4.93. The molecule has 7 nitrogen and oxygen atoms in total. The molecule has 26 heavy (non-hydrogen) atoms. The lowest BCUT2D eigenvalue weighted by Crippen LogP contribution is -2.41. The maximum atomic E-state index is 14.1. The highest BCUT2D eigenvalue weighted by molar-refractivity contribution is 5.99. The van der Waals surface area contributed by atoms with Crippen LogP contribution in [0.5, 0.6) is 0 Å². The third-order valence-corrected chi connectivity index (χ3v) is 4.15. The monoisotopic (exact) mass is 365 g/mol. The van der Waals surface area contributed by atoms with Crippen molar-refractivity contribution in [3.63, 3.8) is 0 Å². The van der Waals surface area contributed by atoms with Crippen molar-refractivity contribution >= 4 is 23.6 Å². The summed E-state index contributed by atoms with van der Waals surface area (Å²) in [5.74, 6) is -2.76. The van der Waals surface area contributed by atoms with E-state index in [4.69, 9.17) is 0 Å². The zero-order chi connectivity index (χ0) is 19.5. The number of aliphatic carboxylic acids is 1. The predicted octanol–water partition coefficient (Wildman–Crippen LogP) is 2.36. The van der Waals surface area contributed by atoms with Crippen molar-refractivity contribution in [3.05, 3.63) is 29.6 Å². The van der Waals surface area contributed by atoms with E-state index in [9.17, 15) is 23.9 Å². The van der Waals surface area contributed by atoms with Crippen LogP contribution in [0, 0.1) is 11.2 Å². The molecule has 0 radical (unpaired) electrons. The number of amides is 3. The van der Waals surface area contributed by atoms with Crippen LogP contribution in [0.2, 0.25) is 0 Å². The molecule has 3 N–H and O–H groups in total. The van der Waals surface area contributed by atoms with Gasteiger partial charge in [0.05, 0.1) is 5.56 Å². The fraction of sp³-hybridized carbons (Fsp3) is 0.500. The number of carbonyl (C=O) groups excluding carboxylic acids is 2. The van der Waals surface area contributed by atoms with E-state index in [1.165, 1.54) is 17.0 Å². The molecule has 1 fully saturated rings. The van der Waals surface area contributed by atoms with Gasteiger partial charge in [-0.25, -0.2) is 14.0 Å². The van der Waals surface area contributed by atoms with Crippen molar-refractivity contribution in [1.82, 2.24) is 10.6 Å². The van der Waals surface area contributed by atoms with Crippen LogP contribution < -0.4 is 15.5 Å². The molecule has 1 atom stereocenters. The molecule has 142 valence electrons. The van der Waals surface area contributed by atoms with E-state index < -0.39 is 23.7 Å². The summed E-state index contributed by atoms with van der Waals surface area (Å²) in [5, 5.41) is 14.3. The number of anilines is 1. The van der Waals surface area contributed by atoms with Crippen molar-refractivity contribution in [1.29, 1.82) is 0 Å². The maximum Gasteiger partial charge on any atom is 0.326 e. The second-order valence-corrected chi connectivity index (χ2v) is 7.51. The largest absolute Gasteiger partial charge is 0.480 e. The molecule has 1 aliphatic heterocycles. The number of carbonyl (C=O) groups is 3. The van der Waals surface area contributed by atoms with Gasteiger partial charge >= 0.3 is 12.0 Å². The Morgan fingerprint density at radius 3 is 2.62 bits per heavy atom. The van der Waals surface area contributed by atoms with Crippen LogP contribution in [0.15, 0.2) is 18.2 Å². The number of halogens is 1. The maximum absolute atomic E-state index is 14.1. The summed E-state index contributed by atoms with van der Waals surface area (Å²) < 4.78 is 14.1. The van der Waals surface area contributed by atoms with Crippen molar-refractivity contribution in [2.75, 3.05) is 18.0 Å². The van der Waals surface area contributed by atoms with E-state index >= 15 is 0 Å². The van der Waals surface area contributed by atoms with Crippen LogP contribution in [0.4, 0.5) is 14.9 Å². The summed E-state index contributed by atoms with van der Waals surface area (Å²) in [6.07, 6.45) is 0.821. The first kappa shape index (κ1) is 19.7. The third-order valence-electron chi connectivity index (χ3n) is 4.15. The second-order valence-electron chi connectivity index (χ2n) is 7.51. The summed E-state index contributed by atoms with van der Waals surface area (Å²) in [7, 11) is 0. The van der Waals surface area contributed by atoms with Crippen LogP contribution in [-0.4, -0.2) is 42.1 Å². The lowest BCUT2D eigenvalue weighted by molar-refractivity contribution is -0.139. The fourth-order valence-electron chi connectivity index (χ4n) is 2.64. The van der Waals surface area contributed by atoms with Crippen LogP contribution in [-0.2, 0) is 4.79 Å². The SMILES string of the molecule is CC(C)(C)CCC(NC(=O)c1cc(N2CCNC2=O)ccc1F)C(=O)O. The van der Waals surface area contributed by atoms with Gasteiger partial charge in [0.25, 0.3) is 5.91 Å². The molecule has 1 aromatic rings. The number of benzene rings is 1. The summed E-state index contributed by atoms with van der Waals surface area (Å²) in [6.45, 7) is 6.79. The van der Waals surface area contributed by atoms with Gasteiger partial charge in [0.15, 0.2) is 0 Å². The van der Waals surface area contributed by atoms with Gasteiger partial charge in [-0.15, -0.1) is 0 Å². The molecule has 0 saturated carbocycles. The van der Waals surface area contributed by atoms with Crippen LogP contribution in [0.1, 0.15) is 44.0 Å². The van der Waals surface area contributed by atoms with E-state index in [0.29, 0.717) is 25.2 Å². The van der Waals surface area contributed by atoms with Gasteiger partial charge in [-0.05, 0) is 36.5 Å². The van der Waals surface area contributed by atoms with Crippen molar-refractivity contribution in [3.8, 4) is 0 Å². The molecule has 8 heteroatoms. The van der Waals surface area contributed by atoms with E-state index in [1.807, 2.05) is 20.8 Å². The van der Waals surface area contributed by atoms with Gasteiger partial charge in [0.1, 0.15) is 11.9 Å². The average molecular weight is 365 g/mol. The van der Waals surface area contributed by atoms with Gasteiger partial charge in [-0.2, -0.15) is 0 Å². The first-order valence-electron chi connectivity index (χ1n) is 8.47. The first-order chi connectivity index (χ1) is 12.1. The number of urea groups is 1. The first-order valence-corrected chi connectivity index (χ1v) is 8.47. The van der Waals surface area contributed by atoms with Crippen LogP contribution in [0.3, 0.4) is 0 Å². The normalized spacial score (nSPS) is 15.5. The highest BCUT2D eigenvalue weighted by Crippen LogP contribution is 2.23. The Hall–Kier alpha value is -2.64. The smallest absolute Gasteiger partial charge is 0.326 e. The Labute approximate surface area is 151 Å². The van der Waals surface area contributed by atoms with Crippen molar-refractivity contribution < 1.29 is 23.9 Å². The van der Waals surface area contributed by atoms with Crippen molar-refractivity contribution in [2.24, 2.45) is 5.41 Å². The van der Waals surface area contributed by atoms with Gasteiger partial charge in [0, 0.05) is 18.8 Å². The van der Waals surface area contributed by atoms with E-state index in [0.717, 1.165) is 6.07 Å². The Kier molecular flexibility index (Phi) is 5.84. The molecule has 0 aromatic heterocycles. The number of carboxylic acids is 1. The number of hydrogen-bond acceptors (Lipinski definition) is 3. The van der Waals surface area contributed by atoms with Gasteiger partial charge in [-0.3, -0.25) is 9.69 Å². The van der Waals surface area contributed by atoms with Gasteiger partial charge in [0.2, 0.25) is 0 Å². The lowest BCUT2D eigenvalue weighted by Gasteiger charge is -2.22. The summed E-state index contributed by atoms with van der Waals surface area (Å²) in [6, 6.07) is 2.33. The van der Waals surface area contributed by atoms with Crippen LogP contribution >= 0.6 is 0 Å². The Balaban J connectivity index is 2.16. The average Bonchev–Trinajstić information content (AvgIpc) is 2.96. The molecule has 1 saturated heterocycles. The number of carboxylic acid groups (broad SMARTS) is 1. The molecule has 0 bridgehead atoms. The molecular formula is C18H24FN3O4. The molecule has 1 heterocycles. The standard InChI is InChI=1S/C18H24FN3O4/c1-18(2,3)7-6-14(16(24)25)21-15(23)12-10-11(4-5-13(12)19)22-9-8-20-17(22)26/h4-5,10,14H,6-9H2,1-3H3,(H,20,26)(H,21,23)(H,24,25). The number of rotatable bonds is 6. The summed E-state index contributed by atoms with van der Waals surface area (Å²) in [4.78, 5) is 37.0. The zero-order valence-electron chi connectivity index (χ0n) is 15.1. The molecule has 2 rings (SSSR count). The van der Waals surface area contributed by atoms with E-state index in [-0.39, 0.29) is 23.4 Å². The molecule has 1 aromatic carbocycles. The minimum Gasteiger partial charge on any atom is -0.480 e. The second kappa shape index (κ2) is 7.72. The van der Waals surface area contributed by atoms with Gasteiger partial charge in [-0.1, -0.05) is 20.8 Å². The molecule has 3 amide bonds. The van der Waals surface area contributed by atoms with Gasteiger partial charge < -0.3 is 15.7 Å². The van der Waals surface area contributed by atoms with Crippen molar-refractivity contribution in [2.45, 2.75) is 39.7 Å². The lowest BCUT2D eigenvalue weighted by atomic mass is 9.88. The Morgan fingerprint density at radius 1 is 1.38 bits per heavy atom. The number of nitrogens with one attached hydrogen (secondary N) is 2. The minimum absolute atomic E-state index is 0.0906. The predicted molar refractivity (Wildman–Crippen MR) is 94.7 cm³/mol. The fourth-order valence-corrected chi connectivity index (χ4v) is 2.64. The van der Waals surface area contributed by atoms with E-state index in [1.54, 1.807) is 0 Å². The summed E-state index contributed by atoms with van der Waals surface area (Å²) >= 11 is 0. The summed E-state index contributed by atoms with van der Waals surface area (Å²) in [5.41, 5.74) is 0.00418. The molecule has 0 spiro atoms. The Bertz CT molecular complexity index is 715. The quantitative estimate of drug-likeness (QED) is 0.721. The highest BCUT2D eigenvalue weighted by Gasteiger charge is 2.26. The minimum atomic E-state index is -1.17. The zero-order valence-corrected chi connectivity index (χ0v) is 15.1. The van der Waals surface area contributed by atoms with Crippen LogP contribution in [0.25, 0.3) is 0 Å².